The molecule has 0 N–H and O–H groups in total. The smallest absolute Gasteiger partial charge is 0.724 e. The molecule has 2 bridgehead atoms. The molecule has 3 heterocycles. The summed E-state index contributed by atoms with van der Waals surface area (Å²) in [5.41, 5.74) is 1.08. The van der Waals surface area contributed by atoms with E-state index in [1.165, 1.54) is 15.5 Å². The van der Waals surface area contributed by atoms with Gasteiger partial charge >= 0.3 is 35.6 Å². The van der Waals surface area contributed by atoms with Crippen LogP contribution in [0.1, 0.15) is 5.56 Å². The van der Waals surface area contributed by atoms with Gasteiger partial charge in [-0.25, -0.2) is 13.2 Å². The van der Waals surface area contributed by atoms with Gasteiger partial charge in [0.05, 0.1) is 6.54 Å². The predicted octanol–water partition coefficient (Wildman–Crippen LogP) is -3.72. The summed E-state index contributed by atoms with van der Waals surface area (Å²) in [6, 6.07) is 1.55. The average Bonchev–Trinajstić information content (AvgIpc) is 2.66. The molecule has 9 nitrogen and oxygen atoms in total. The maximum atomic E-state index is 12.0. The fourth-order valence-corrected chi connectivity index (χ4v) is 2.98. The quantitative estimate of drug-likeness (QED) is 0.315. The minimum atomic E-state index is -5.05. The van der Waals surface area contributed by atoms with Gasteiger partial charge in [-0.1, -0.05) is 6.08 Å². The number of aryl methyl sites for hydroxylation is 1. The number of hydrogen-bond acceptors (Lipinski definition) is 6. The zero-order valence-electron chi connectivity index (χ0n) is 12.5. The van der Waals surface area contributed by atoms with Crippen molar-refractivity contribution in [2.45, 2.75) is 6.04 Å². The van der Waals surface area contributed by atoms with Crippen LogP contribution in [-0.2, 0) is 21.7 Å². The van der Waals surface area contributed by atoms with Crippen LogP contribution in [0.5, 0.6) is 0 Å². The largest absolute Gasteiger partial charge is 1.00 e. The van der Waals surface area contributed by atoms with Crippen LogP contribution in [0, 0.1) is 0 Å². The molecule has 0 saturated carbocycles. The minimum absolute atomic E-state index is 0. The number of nitrogens with zero attached hydrogens (tertiary/aromatic N) is 3. The van der Waals surface area contributed by atoms with E-state index >= 15 is 0 Å². The van der Waals surface area contributed by atoms with Crippen molar-refractivity contribution < 1.29 is 51.6 Å². The number of pyridine rings is 1. The SMILES string of the molecule is Cn1cc(C2=CCN3CC2N(OS(=O)(=O)[O-])C3=O)ccc1=O.[Na+]. The molecule has 23 heavy (non-hydrogen) atoms. The number of urea groups is 1. The van der Waals surface area contributed by atoms with E-state index in [0.717, 1.165) is 0 Å². The maximum absolute atomic E-state index is 12.0. The topological polar surface area (TPSA) is 112 Å². The van der Waals surface area contributed by atoms with Crippen molar-refractivity contribution in [3.63, 3.8) is 0 Å². The molecule has 1 aromatic heterocycles. The number of hydrogen-bond donors (Lipinski definition) is 0. The Hall–Kier alpha value is -1.17. The van der Waals surface area contributed by atoms with Crippen molar-refractivity contribution in [3.8, 4) is 0 Å². The molecule has 118 valence electrons. The standard InChI is InChI=1S/C12H13N3O6S.Na/c1-13-6-8(2-3-11(13)16)9-4-5-14-7-10(9)15(12(14)17)21-22(18,19)20;/h2-4,6,10H,5,7H2,1H3,(H,18,19,20);/q;+1/p-1. The van der Waals surface area contributed by atoms with E-state index in [9.17, 15) is 22.6 Å². The molecule has 11 heteroatoms. The van der Waals surface area contributed by atoms with Crippen LogP contribution in [-0.4, -0.2) is 52.7 Å². The zero-order valence-corrected chi connectivity index (χ0v) is 15.3. The van der Waals surface area contributed by atoms with Crippen molar-refractivity contribution in [1.82, 2.24) is 14.5 Å². The summed E-state index contributed by atoms with van der Waals surface area (Å²) in [5.74, 6) is 0. The molecule has 1 atom stereocenters. The fourth-order valence-electron chi connectivity index (χ4n) is 2.61. The molecule has 0 aromatic carbocycles. The Labute approximate surface area is 154 Å². The number of aromatic nitrogens is 1. The van der Waals surface area contributed by atoms with Gasteiger partial charge in [-0.2, -0.15) is 9.35 Å². The molecule has 3 rings (SSSR count). The summed E-state index contributed by atoms with van der Waals surface area (Å²) in [5, 5.41) is 0.576. The Morgan fingerprint density at radius 1 is 1.30 bits per heavy atom. The van der Waals surface area contributed by atoms with Crippen molar-refractivity contribution in [3.05, 3.63) is 40.3 Å². The first kappa shape index (κ1) is 18.2. The van der Waals surface area contributed by atoms with Crippen LogP contribution in [0.25, 0.3) is 5.57 Å². The first-order valence-corrected chi connectivity index (χ1v) is 7.70. The third-order valence-electron chi connectivity index (χ3n) is 3.62. The molecular formula is C12H12N3NaO6S. The Morgan fingerprint density at radius 2 is 2.00 bits per heavy atom. The van der Waals surface area contributed by atoms with Crippen LogP contribution in [0.15, 0.2) is 29.2 Å². The van der Waals surface area contributed by atoms with E-state index in [2.05, 4.69) is 4.28 Å². The Balaban J connectivity index is 0.00000192. The number of hydroxylamine groups is 2. The Morgan fingerprint density at radius 3 is 2.61 bits per heavy atom. The number of fused-ring (bicyclic) bond motifs is 2. The van der Waals surface area contributed by atoms with Crippen LogP contribution in [0.2, 0.25) is 0 Å². The molecule has 0 spiro atoms. The van der Waals surface area contributed by atoms with Crippen molar-refractivity contribution in [2.24, 2.45) is 7.05 Å². The number of rotatable bonds is 3. The van der Waals surface area contributed by atoms with Gasteiger partial charge in [0.2, 0.25) is 16.0 Å². The van der Waals surface area contributed by atoms with Gasteiger partial charge in [-0.05, 0) is 17.2 Å². The molecule has 2 aliphatic rings. The van der Waals surface area contributed by atoms with Crippen molar-refractivity contribution in [2.75, 3.05) is 13.1 Å². The van der Waals surface area contributed by atoms with Crippen molar-refractivity contribution >= 4 is 22.0 Å². The first-order chi connectivity index (χ1) is 10.3. The first-order valence-electron chi connectivity index (χ1n) is 6.37. The average molecular weight is 349 g/mol. The summed E-state index contributed by atoms with van der Waals surface area (Å²) in [6.45, 7) is 0.481. The van der Waals surface area contributed by atoms with E-state index in [1.54, 1.807) is 25.4 Å². The van der Waals surface area contributed by atoms with Crippen LogP contribution >= 0.6 is 0 Å². The van der Waals surface area contributed by atoms with Crippen LogP contribution in [0.3, 0.4) is 0 Å². The van der Waals surface area contributed by atoms with Gasteiger partial charge in [0.15, 0.2) is 0 Å². The fraction of sp³-hybridized carbons (Fsp3) is 0.333. The molecule has 0 radical (unpaired) electrons. The molecule has 1 unspecified atom stereocenters. The third kappa shape index (κ3) is 3.52. The van der Waals surface area contributed by atoms with E-state index in [1.807, 2.05) is 0 Å². The summed E-state index contributed by atoms with van der Waals surface area (Å²) < 4.78 is 38.1. The van der Waals surface area contributed by atoms with Gasteiger partial charge in [0.1, 0.15) is 6.04 Å². The molecule has 1 fully saturated rings. The van der Waals surface area contributed by atoms with Gasteiger partial charge in [0, 0.05) is 25.9 Å². The van der Waals surface area contributed by atoms with E-state index < -0.39 is 22.5 Å². The molecule has 2 amide bonds. The predicted molar refractivity (Wildman–Crippen MR) is 73.0 cm³/mol. The molecule has 1 aromatic rings. The van der Waals surface area contributed by atoms with Crippen molar-refractivity contribution in [1.29, 1.82) is 0 Å². The Bertz CT molecular complexity index is 833. The molecular weight excluding hydrogens is 337 g/mol. The normalized spacial score (nSPS) is 20.3. The second kappa shape index (κ2) is 6.38. The molecule has 2 aliphatic heterocycles. The summed E-state index contributed by atoms with van der Waals surface area (Å²) in [4.78, 5) is 24.8. The van der Waals surface area contributed by atoms with Gasteiger partial charge in [-0.3, -0.25) is 4.79 Å². The monoisotopic (exact) mass is 349 g/mol. The summed E-state index contributed by atoms with van der Waals surface area (Å²) in [6.07, 6.45) is 3.32. The Kier molecular flexibility index (Phi) is 5.04. The molecule has 1 saturated heterocycles. The number of amides is 2. The second-order valence-corrected chi connectivity index (χ2v) is 6.00. The maximum Gasteiger partial charge on any atom is 1.00 e. The molecule has 0 aliphatic carbocycles. The third-order valence-corrected chi connectivity index (χ3v) is 3.96. The van der Waals surface area contributed by atoms with Gasteiger partial charge in [0.25, 0.3) is 0 Å². The van der Waals surface area contributed by atoms with Gasteiger partial charge in [-0.15, -0.1) is 0 Å². The van der Waals surface area contributed by atoms with Crippen LogP contribution in [0.4, 0.5) is 4.79 Å². The summed E-state index contributed by atoms with van der Waals surface area (Å²) >= 11 is 0. The van der Waals surface area contributed by atoms with E-state index in [-0.39, 0.29) is 48.2 Å². The summed E-state index contributed by atoms with van der Waals surface area (Å²) in [7, 11) is -3.47. The number of carbonyl (C=O) groups is 1. The second-order valence-electron chi connectivity index (χ2n) is 5.04. The number of carbonyl (C=O) groups excluding carboxylic acids is 1. The van der Waals surface area contributed by atoms with Crippen LogP contribution < -0.4 is 35.1 Å². The van der Waals surface area contributed by atoms with E-state index in [0.29, 0.717) is 16.2 Å². The van der Waals surface area contributed by atoms with E-state index in [4.69, 9.17) is 0 Å². The zero-order chi connectivity index (χ0) is 16.1. The minimum Gasteiger partial charge on any atom is -0.724 e. The van der Waals surface area contributed by atoms with Gasteiger partial charge < -0.3 is 14.0 Å².